The summed E-state index contributed by atoms with van der Waals surface area (Å²) < 4.78 is 0. The lowest BCUT2D eigenvalue weighted by Crippen LogP contribution is -2.44. The summed E-state index contributed by atoms with van der Waals surface area (Å²) in [4.78, 5) is 7.25. The Hall–Kier alpha value is -0.640. The predicted molar refractivity (Wildman–Crippen MR) is 116 cm³/mol. The number of thiophene rings is 2. The van der Waals surface area contributed by atoms with Crippen LogP contribution in [-0.4, -0.2) is 24.2 Å². The van der Waals surface area contributed by atoms with E-state index in [2.05, 4.69) is 34.7 Å². The van der Waals surface area contributed by atoms with E-state index < -0.39 is 5.60 Å². The average molecular weight is 479 g/mol. The number of guanidine groups is 1. The van der Waals surface area contributed by atoms with Gasteiger partial charge < -0.3 is 15.7 Å². The first kappa shape index (κ1) is 21.4. The molecule has 0 aliphatic heterocycles. The maximum Gasteiger partial charge on any atom is 0.191 e. The summed E-state index contributed by atoms with van der Waals surface area (Å²) in [6, 6.07) is 6.25. The molecule has 24 heavy (non-hydrogen) atoms. The highest BCUT2D eigenvalue weighted by Crippen LogP contribution is 2.22. The number of halogens is 1. The molecule has 0 saturated heterocycles. The van der Waals surface area contributed by atoms with Crippen LogP contribution in [0.5, 0.6) is 0 Å². The van der Waals surface area contributed by atoms with Gasteiger partial charge in [0, 0.05) is 16.3 Å². The highest BCUT2D eigenvalue weighted by atomic mass is 127. The van der Waals surface area contributed by atoms with Crippen LogP contribution < -0.4 is 10.6 Å². The normalized spacial score (nSPS) is 13.9. The molecule has 0 amide bonds. The monoisotopic (exact) mass is 479 g/mol. The van der Waals surface area contributed by atoms with Gasteiger partial charge >= 0.3 is 0 Å². The molecule has 0 aromatic carbocycles. The molecule has 1 atom stereocenters. The number of nitrogens with zero attached hydrogens (tertiary/aromatic N) is 1. The lowest BCUT2D eigenvalue weighted by molar-refractivity contribution is 0.0621. The van der Waals surface area contributed by atoms with Gasteiger partial charge in [-0.2, -0.15) is 11.3 Å². The maximum atomic E-state index is 10.6. The fourth-order valence-electron chi connectivity index (χ4n) is 2.12. The van der Waals surface area contributed by atoms with E-state index in [9.17, 15) is 5.11 Å². The number of aliphatic imine (C=N–C) groups is 1. The van der Waals surface area contributed by atoms with Gasteiger partial charge in [0.1, 0.15) is 5.60 Å². The molecule has 4 nitrogen and oxygen atoms in total. The van der Waals surface area contributed by atoms with E-state index in [1.165, 1.54) is 9.75 Å². The molecule has 2 aromatic heterocycles. The van der Waals surface area contributed by atoms with Gasteiger partial charge in [0.25, 0.3) is 0 Å². The molecule has 2 aromatic rings. The molecular formula is C17H26IN3OS2. The Morgan fingerprint density at radius 1 is 1.21 bits per heavy atom. The molecule has 0 aliphatic rings. The van der Waals surface area contributed by atoms with Crippen molar-refractivity contribution in [3.63, 3.8) is 0 Å². The van der Waals surface area contributed by atoms with E-state index in [4.69, 9.17) is 0 Å². The van der Waals surface area contributed by atoms with E-state index in [0.717, 1.165) is 24.5 Å². The van der Waals surface area contributed by atoms with Gasteiger partial charge in [-0.1, -0.05) is 6.92 Å². The second-order valence-corrected chi connectivity index (χ2v) is 7.59. The van der Waals surface area contributed by atoms with Gasteiger partial charge in [0.05, 0.1) is 13.1 Å². The topological polar surface area (TPSA) is 56.7 Å². The summed E-state index contributed by atoms with van der Waals surface area (Å²) in [6.45, 7) is 7.88. The van der Waals surface area contributed by atoms with E-state index in [1.54, 1.807) is 22.7 Å². The molecule has 0 radical (unpaired) electrons. The van der Waals surface area contributed by atoms with Crippen molar-refractivity contribution in [2.75, 3.05) is 13.1 Å². The van der Waals surface area contributed by atoms with Crippen molar-refractivity contribution < 1.29 is 5.11 Å². The third-order valence-corrected chi connectivity index (χ3v) is 5.44. The van der Waals surface area contributed by atoms with Crippen LogP contribution in [0.15, 0.2) is 34.0 Å². The van der Waals surface area contributed by atoms with Crippen LogP contribution >= 0.6 is 46.7 Å². The van der Waals surface area contributed by atoms with E-state index in [-0.39, 0.29) is 24.0 Å². The zero-order valence-electron chi connectivity index (χ0n) is 14.3. The zero-order chi connectivity index (χ0) is 16.7. The Kier molecular flexibility index (Phi) is 9.25. The van der Waals surface area contributed by atoms with Crippen LogP contribution in [0.25, 0.3) is 0 Å². The van der Waals surface area contributed by atoms with E-state index in [0.29, 0.717) is 13.1 Å². The van der Waals surface area contributed by atoms with E-state index >= 15 is 0 Å². The van der Waals surface area contributed by atoms with Gasteiger partial charge in [0.2, 0.25) is 0 Å². The van der Waals surface area contributed by atoms with Crippen molar-refractivity contribution in [1.29, 1.82) is 0 Å². The molecule has 2 rings (SSSR count). The van der Waals surface area contributed by atoms with Crippen LogP contribution in [0.4, 0.5) is 0 Å². The summed E-state index contributed by atoms with van der Waals surface area (Å²) in [7, 11) is 0. The molecule has 0 saturated carbocycles. The average Bonchev–Trinajstić information content (AvgIpc) is 3.21. The molecular weight excluding hydrogens is 453 g/mol. The second-order valence-electron chi connectivity index (χ2n) is 5.56. The van der Waals surface area contributed by atoms with Crippen molar-refractivity contribution in [2.45, 2.75) is 39.3 Å². The second kappa shape index (κ2) is 10.4. The predicted octanol–water partition coefficient (Wildman–Crippen LogP) is 3.95. The smallest absolute Gasteiger partial charge is 0.191 e. The highest BCUT2D eigenvalue weighted by Gasteiger charge is 2.23. The highest BCUT2D eigenvalue weighted by molar-refractivity contribution is 14.0. The molecule has 1 unspecified atom stereocenters. The van der Waals surface area contributed by atoms with Crippen molar-refractivity contribution >= 4 is 52.6 Å². The fraction of sp³-hybridized carbons (Fsp3) is 0.471. The molecule has 0 spiro atoms. The van der Waals surface area contributed by atoms with Crippen LogP contribution in [0.1, 0.15) is 36.1 Å². The quantitative estimate of drug-likeness (QED) is 0.320. The minimum atomic E-state index is -0.908. The fourth-order valence-corrected chi connectivity index (χ4v) is 3.79. The Bertz CT molecular complexity index is 624. The van der Waals surface area contributed by atoms with Crippen molar-refractivity contribution in [1.82, 2.24) is 10.6 Å². The molecule has 0 fully saturated rings. The molecule has 0 bridgehead atoms. The first-order chi connectivity index (χ1) is 11.0. The summed E-state index contributed by atoms with van der Waals surface area (Å²) >= 11 is 3.39. The first-order valence-corrected chi connectivity index (χ1v) is 9.66. The summed E-state index contributed by atoms with van der Waals surface area (Å²) in [5.41, 5.74) is 0.0193. The number of aryl methyl sites for hydroxylation is 1. The standard InChI is InChI=1S/C17H25N3OS2.HI/c1-4-14-6-7-15(23-14)10-19-16(18-5-2)20-12-17(3,21)13-8-9-22-11-13;/h6-9,11,21H,4-5,10,12H2,1-3H3,(H2,18,19,20);1H. The largest absolute Gasteiger partial charge is 0.384 e. The molecule has 3 N–H and O–H groups in total. The third-order valence-electron chi connectivity index (χ3n) is 3.55. The maximum absolute atomic E-state index is 10.6. The van der Waals surface area contributed by atoms with Crippen molar-refractivity contribution in [3.8, 4) is 0 Å². The Morgan fingerprint density at radius 2 is 1.96 bits per heavy atom. The third kappa shape index (κ3) is 6.34. The number of hydrogen-bond acceptors (Lipinski definition) is 4. The van der Waals surface area contributed by atoms with Crippen LogP contribution in [0.3, 0.4) is 0 Å². The Labute approximate surface area is 169 Å². The van der Waals surface area contributed by atoms with Crippen molar-refractivity contribution in [2.24, 2.45) is 4.99 Å². The number of nitrogens with one attached hydrogen (secondary N) is 2. The van der Waals surface area contributed by atoms with Gasteiger partial charge in [-0.05, 0) is 54.8 Å². The SMILES string of the molecule is CCNC(=NCc1ccc(CC)s1)NCC(C)(O)c1ccsc1.I. The Morgan fingerprint density at radius 3 is 2.54 bits per heavy atom. The number of hydrogen-bond donors (Lipinski definition) is 3. The number of aliphatic hydroxyl groups is 1. The first-order valence-electron chi connectivity index (χ1n) is 7.90. The summed E-state index contributed by atoms with van der Waals surface area (Å²) in [5, 5.41) is 21.0. The van der Waals surface area contributed by atoms with Crippen LogP contribution in [0.2, 0.25) is 0 Å². The zero-order valence-corrected chi connectivity index (χ0v) is 18.3. The van der Waals surface area contributed by atoms with Crippen molar-refractivity contribution in [3.05, 3.63) is 44.3 Å². The van der Waals surface area contributed by atoms with Gasteiger partial charge in [-0.15, -0.1) is 35.3 Å². The van der Waals surface area contributed by atoms with Gasteiger partial charge in [-0.25, -0.2) is 4.99 Å². The summed E-state index contributed by atoms with van der Waals surface area (Å²) in [5.74, 6) is 0.731. The Balaban J connectivity index is 0.00000288. The van der Waals surface area contributed by atoms with Gasteiger partial charge in [0.15, 0.2) is 5.96 Å². The van der Waals surface area contributed by atoms with Crippen LogP contribution in [-0.2, 0) is 18.6 Å². The molecule has 0 aliphatic carbocycles. The minimum absolute atomic E-state index is 0. The molecule has 7 heteroatoms. The van der Waals surface area contributed by atoms with E-state index in [1.807, 2.05) is 30.7 Å². The lowest BCUT2D eigenvalue weighted by atomic mass is 9.99. The molecule has 134 valence electrons. The van der Waals surface area contributed by atoms with Crippen LogP contribution in [0, 0.1) is 0 Å². The minimum Gasteiger partial charge on any atom is -0.384 e. The van der Waals surface area contributed by atoms with Gasteiger partial charge in [-0.3, -0.25) is 0 Å². The summed E-state index contributed by atoms with van der Waals surface area (Å²) in [6.07, 6.45) is 1.07. The lowest BCUT2D eigenvalue weighted by Gasteiger charge is -2.24. The molecule has 2 heterocycles. The number of rotatable bonds is 7.